The highest BCUT2D eigenvalue weighted by Crippen LogP contribution is 2.28. The monoisotopic (exact) mass is 236 g/mol. The summed E-state index contributed by atoms with van der Waals surface area (Å²) in [6.45, 7) is 4.33. The molecule has 0 saturated carbocycles. The Bertz CT molecular complexity index is 467. The van der Waals surface area contributed by atoms with Gasteiger partial charge in [-0.05, 0) is 29.6 Å². The van der Waals surface area contributed by atoms with Crippen molar-refractivity contribution >= 4 is 27.4 Å². The van der Waals surface area contributed by atoms with Gasteiger partial charge in [-0.1, -0.05) is 26.0 Å². The molecule has 2 aromatic rings. The lowest BCUT2D eigenvalue weighted by molar-refractivity contribution is 0.249. The molecule has 0 aliphatic heterocycles. The van der Waals surface area contributed by atoms with Crippen LogP contribution in [0.2, 0.25) is 0 Å². The van der Waals surface area contributed by atoms with Gasteiger partial charge in [0.2, 0.25) is 0 Å². The van der Waals surface area contributed by atoms with E-state index in [9.17, 15) is 5.11 Å². The van der Waals surface area contributed by atoms with Crippen molar-refractivity contribution in [3.8, 4) is 0 Å². The molecule has 0 aliphatic rings. The van der Waals surface area contributed by atoms with E-state index in [2.05, 4.69) is 29.6 Å². The molecule has 1 unspecified atom stereocenters. The number of nitrogens with one attached hydrogen (secondary N) is 1. The van der Waals surface area contributed by atoms with Crippen molar-refractivity contribution in [2.45, 2.75) is 19.9 Å². The average Bonchev–Trinajstić information content (AvgIpc) is 2.69. The van der Waals surface area contributed by atoms with Gasteiger partial charge in [-0.2, -0.15) is 4.37 Å². The van der Waals surface area contributed by atoms with E-state index in [0.717, 1.165) is 15.9 Å². The minimum Gasteiger partial charge on any atom is -0.394 e. The minimum absolute atomic E-state index is 0.0869. The zero-order valence-electron chi connectivity index (χ0n) is 9.47. The Hall–Kier alpha value is -1.13. The third-order valence-electron chi connectivity index (χ3n) is 2.70. The van der Waals surface area contributed by atoms with Crippen LogP contribution in [0.3, 0.4) is 0 Å². The highest BCUT2D eigenvalue weighted by molar-refractivity contribution is 7.11. The van der Waals surface area contributed by atoms with Gasteiger partial charge in [-0.3, -0.25) is 0 Å². The maximum Gasteiger partial charge on any atom is 0.117 e. The van der Waals surface area contributed by atoms with Crippen molar-refractivity contribution in [1.82, 2.24) is 4.37 Å². The molecule has 0 bridgehead atoms. The number of hydrogen-bond donors (Lipinski definition) is 2. The van der Waals surface area contributed by atoms with Gasteiger partial charge in [-0.15, -0.1) is 0 Å². The first-order valence-electron chi connectivity index (χ1n) is 5.44. The summed E-state index contributed by atoms with van der Waals surface area (Å²) in [6, 6.07) is 8.13. The van der Waals surface area contributed by atoms with E-state index in [-0.39, 0.29) is 12.6 Å². The maximum atomic E-state index is 9.29. The molecule has 0 fully saturated rings. The van der Waals surface area contributed by atoms with Gasteiger partial charge in [0.25, 0.3) is 0 Å². The average molecular weight is 236 g/mol. The number of aliphatic hydroxyl groups is 1. The molecule has 2 N–H and O–H groups in total. The van der Waals surface area contributed by atoms with Crippen LogP contribution in [-0.4, -0.2) is 22.1 Å². The van der Waals surface area contributed by atoms with Crippen molar-refractivity contribution in [2.75, 3.05) is 11.9 Å². The molecule has 4 heteroatoms. The minimum atomic E-state index is 0.0869. The molecule has 0 saturated heterocycles. The molecule has 0 amide bonds. The van der Waals surface area contributed by atoms with E-state index >= 15 is 0 Å². The number of fused-ring (bicyclic) bond motifs is 1. The largest absolute Gasteiger partial charge is 0.394 e. The van der Waals surface area contributed by atoms with Crippen LogP contribution in [0.5, 0.6) is 0 Å². The molecule has 0 aliphatic carbocycles. The molecule has 1 atom stereocenters. The quantitative estimate of drug-likeness (QED) is 0.858. The predicted molar refractivity (Wildman–Crippen MR) is 69.0 cm³/mol. The number of anilines is 1. The summed E-state index contributed by atoms with van der Waals surface area (Å²) >= 11 is 1.45. The van der Waals surface area contributed by atoms with Crippen LogP contribution in [0.15, 0.2) is 24.3 Å². The Kier molecular flexibility index (Phi) is 3.41. The fourth-order valence-electron chi connectivity index (χ4n) is 1.58. The first-order valence-corrected chi connectivity index (χ1v) is 6.21. The standard InChI is InChI=1S/C12H16N2OS/c1-8(2)11(7-15)13-12-9-5-3-4-6-10(9)14-16-12/h3-6,8,11,13,15H,7H2,1-2H3. The van der Waals surface area contributed by atoms with Crippen LogP contribution in [0, 0.1) is 5.92 Å². The summed E-state index contributed by atoms with van der Waals surface area (Å²) in [5.41, 5.74) is 1.01. The fourth-order valence-corrected chi connectivity index (χ4v) is 2.41. The van der Waals surface area contributed by atoms with Crippen LogP contribution < -0.4 is 5.32 Å². The molecule has 1 heterocycles. The normalized spacial score (nSPS) is 13.2. The molecular formula is C12H16N2OS. The second-order valence-electron chi connectivity index (χ2n) is 4.21. The number of rotatable bonds is 4. The van der Waals surface area contributed by atoms with E-state index in [4.69, 9.17) is 0 Å². The summed E-state index contributed by atoms with van der Waals surface area (Å²) in [6.07, 6.45) is 0. The highest BCUT2D eigenvalue weighted by Gasteiger charge is 2.14. The highest BCUT2D eigenvalue weighted by atomic mass is 32.1. The van der Waals surface area contributed by atoms with Crippen LogP contribution in [0.1, 0.15) is 13.8 Å². The number of benzene rings is 1. The Morgan fingerprint density at radius 1 is 1.38 bits per heavy atom. The Balaban J connectivity index is 2.27. The van der Waals surface area contributed by atoms with E-state index in [1.807, 2.05) is 18.2 Å². The van der Waals surface area contributed by atoms with Crippen molar-refractivity contribution in [3.63, 3.8) is 0 Å². The Labute approximate surface area is 99.3 Å². The first kappa shape index (κ1) is 11.4. The summed E-state index contributed by atoms with van der Waals surface area (Å²) in [4.78, 5) is 0. The summed E-state index contributed by atoms with van der Waals surface area (Å²) < 4.78 is 4.36. The van der Waals surface area contributed by atoms with E-state index in [0.29, 0.717) is 5.92 Å². The number of nitrogens with zero attached hydrogens (tertiary/aromatic N) is 1. The molecule has 1 aromatic heterocycles. The van der Waals surface area contributed by atoms with Crippen LogP contribution >= 0.6 is 11.5 Å². The van der Waals surface area contributed by atoms with Gasteiger partial charge in [0.1, 0.15) is 5.00 Å². The third kappa shape index (κ3) is 2.18. The fraction of sp³-hybridized carbons (Fsp3) is 0.417. The Morgan fingerprint density at radius 3 is 2.81 bits per heavy atom. The van der Waals surface area contributed by atoms with E-state index in [1.165, 1.54) is 11.5 Å². The van der Waals surface area contributed by atoms with Gasteiger partial charge >= 0.3 is 0 Å². The number of aliphatic hydroxyl groups excluding tert-OH is 1. The zero-order chi connectivity index (χ0) is 11.5. The van der Waals surface area contributed by atoms with Crippen molar-refractivity contribution < 1.29 is 5.11 Å². The molecule has 3 nitrogen and oxygen atoms in total. The molecule has 2 rings (SSSR count). The lowest BCUT2D eigenvalue weighted by atomic mass is 10.1. The lowest BCUT2D eigenvalue weighted by Crippen LogP contribution is -2.28. The van der Waals surface area contributed by atoms with Crippen molar-refractivity contribution in [2.24, 2.45) is 5.92 Å². The Morgan fingerprint density at radius 2 is 2.12 bits per heavy atom. The van der Waals surface area contributed by atoms with Crippen LogP contribution in [0.4, 0.5) is 5.00 Å². The third-order valence-corrected chi connectivity index (χ3v) is 3.51. The topological polar surface area (TPSA) is 45.1 Å². The van der Waals surface area contributed by atoms with Gasteiger partial charge in [0.05, 0.1) is 18.2 Å². The second kappa shape index (κ2) is 4.80. The van der Waals surface area contributed by atoms with E-state index < -0.39 is 0 Å². The summed E-state index contributed by atoms with van der Waals surface area (Å²) in [5, 5.41) is 14.8. The molecule has 16 heavy (non-hydrogen) atoms. The second-order valence-corrected chi connectivity index (χ2v) is 4.98. The van der Waals surface area contributed by atoms with Gasteiger partial charge in [-0.25, -0.2) is 0 Å². The smallest absolute Gasteiger partial charge is 0.117 e. The van der Waals surface area contributed by atoms with Crippen molar-refractivity contribution in [1.29, 1.82) is 0 Å². The van der Waals surface area contributed by atoms with Crippen LogP contribution in [-0.2, 0) is 0 Å². The molecule has 0 spiro atoms. The van der Waals surface area contributed by atoms with Crippen molar-refractivity contribution in [3.05, 3.63) is 24.3 Å². The number of aromatic nitrogens is 1. The predicted octanol–water partition coefficient (Wildman–Crippen LogP) is 2.73. The lowest BCUT2D eigenvalue weighted by Gasteiger charge is -2.19. The summed E-state index contributed by atoms with van der Waals surface area (Å²) in [5.74, 6) is 0.394. The van der Waals surface area contributed by atoms with Gasteiger partial charge < -0.3 is 10.4 Å². The SMILES string of the molecule is CC(C)C(CO)Nc1snc2ccccc12. The molecule has 86 valence electrons. The summed E-state index contributed by atoms with van der Waals surface area (Å²) in [7, 11) is 0. The number of hydrogen-bond acceptors (Lipinski definition) is 4. The molecular weight excluding hydrogens is 220 g/mol. The zero-order valence-corrected chi connectivity index (χ0v) is 10.3. The molecule has 1 aromatic carbocycles. The van der Waals surface area contributed by atoms with Crippen LogP contribution in [0.25, 0.3) is 10.9 Å². The van der Waals surface area contributed by atoms with Gasteiger partial charge in [0.15, 0.2) is 0 Å². The van der Waals surface area contributed by atoms with E-state index in [1.54, 1.807) is 0 Å². The van der Waals surface area contributed by atoms with Gasteiger partial charge in [0, 0.05) is 5.39 Å². The molecule has 0 radical (unpaired) electrons. The first-order chi connectivity index (χ1) is 7.72. The maximum absolute atomic E-state index is 9.29.